The zero-order chi connectivity index (χ0) is 27.8. The Morgan fingerprint density at radius 3 is 2.63 bits per heavy atom. The minimum absolute atomic E-state index is 0.0718. The smallest absolute Gasteiger partial charge is 0.407 e. The van der Waals surface area contributed by atoms with Crippen molar-refractivity contribution < 1.29 is 23.8 Å². The average Bonchev–Trinajstić information content (AvgIpc) is 2.84. The van der Waals surface area contributed by atoms with Crippen LogP contribution in [0, 0.1) is 18.2 Å². The second-order valence-corrected chi connectivity index (χ2v) is 12.0. The maximum absolute atomic E-state index is 14.0. The van der Waals surface area contributed by atoms with E-state index in [4.69, 9.17) is 10.5 Å². The number of aromatic nitrogens is 1. The van der Waals surface area contributed by atoms with Crippen molar-refractivity contribution in [3.05, 3.63) is 53.5 Å². The van der Waals surface area contributed by atoms with Gasteiger partial charge in [0.15, 0.2) is 11.6 Å². The van der Waals surface area contributed by atoms with Crippen LogP contribution in [0.3, 0.4) is 0 Å². The number of nitrogens with two attached hydrogens (primary N) is 1. The summed E-state index contributed by atoms with van der Waals surface area (Å²) in [6.45, 7) is 8.65. The lowest BCUT2D eigenvalue weighted by atomic mass is 9.80. The molecule has 0 aliphatic carbocycles. The molecule has 4 N–H and O–H groups in total. The second kappa shape index (κ2) is 10.7. The molecule has 3 aromatic rings. The Bertz CT molecular complexity index is 1390. The summed E-state index contributed by atoms with van der Waals surface area (Å²) in [5.41, 5.74) is 8.37. The number of likely N-dealkylation sites (tertiary alicyclic amines) is 1. The van der Waals surface area contributed by atoms with Crippen LogP contribution in [0.4, 0.5) is 20.6 Å². The first kappa shape index (κ1) is 27.5. The van der Waals surface area contributed by atoms with Crippen molar-refractivity contribution in [1.82, 2.24) is 9.88 Å². The van der Waals surface area contributed by atoms with E-state index in [0.717, 1.165) is 23.3 Å². The topological polar surface area (TPSA) is 118 Å². The van der Waals surface area contributed by atoms with Gasteiger partial charge in [0.1, 0.15) is 0 Å². The Morgan fingerprint density at radius 1 is 1.26 bits per heavy atom. The fourth-order valence-electron chi connectivity index (χ4n) is 5.00. The summed E-state index contributed by atoms with van der Waals surface area (Å²) in [7, 11) is 1.39. The van der Waals surface area contributed by atoms with Crippen LogP contribution in [-0.4, -0.2) is 51.9 Å². The number of thioether (sulfide) groups is 1. The maximum atomic E-state index is 14.0. The zero-order valence-electron chi connectivity index (χ0n) is 22.2. The first-order valence-corrected chi connectivity index (χ1v) is 13.3. The predicted molar refractivity (Wildman–Crippen MR) is 148 cm³/mol. The van der Waals surface area contributed by atoms with Crippen molar-refractivity contribution in [2.45, 2.75) is 56.7 Å². The molecule has 0 saturated carbocycles. The van der Waals surface area contributed by atoms with Gasteiger partial charge in [-0.15, -0.1) is 11.8 Å². The van der Waals surface area contributed by atoms with Gasteiger partial charge in [-0.1, -0.05) is 20.8 Å². The molecular weight excluding hydrogens is 507 g/mol. The van der Waals surface area contributed by atoms with Gasteiger partial charge < -0.3 is 25.8 Å². The Balaban J connectivity index is 1.73. The number of hydrogen-bond acceptors (Lipinski definition) is 6. The van der Waals surface area contributed by atoms with Crippen molar-refractivity contribution in [3.63, 3.8) is 0 Å². The molecule has 10 heteroatoms. The summed E-state index contributed by atoms with van der Waals surface area (Å²) in [4.78, 5) is 31.2. The molecule has 1 saturated heterocycles. The van der Waals surface area contributed by atoms with E-state index >= 15 is 0 Å². The minimum atomic E-state index is -0.881. The number of hydrogen-bond donors (Lipinski definition) is 3. The lowest BCUT2D eigenvalue weighted by molar-refractivity contribution is 0.0613. The van der Waals surface area contributed by atoms with Crippen LogP contribution in [0.1, 0.15) is 49.5 Å². The maximum Gasteiger partial charge on any atom is 0.407 e. The molecule has 1 aromatic heterocycles. The number of rotatable bonds is 6. The number of amides is 2. The highest BCUT2D eigenvalue weighted by Crippen LogP contribution is 2.41. The number of carboxylic acid groups (broad SMARTS) is 1. The van der Waals surface area contributed by atoms with E-state index in [1.165, 1.54) is 25.4 Å². The van der Waals surface area contributed by atoms with Crippen molar-refractivity contribution in [1.29, 1.82) is 0 Å². The summed E-state index contributed by atoms with van der Waals surface area (Å²) in [5, 5.41) is 13.9. The number of nitrogens with zero attached hydrogens (tertiary/aromatic N) is 2. The quantitative estimate of drug-likeness (QED) is 0.342. The van der Waals surface area contributed by atoms with E-state index in [1.807, 2.05) is 13.0 Å². The number of anilines is 2. The van der Waals surface area contributed by atoms with E-state index in [-0.39, 0.29) is 28.0 Å². The van der Waals surface area contributed by atoms with E-state index in [9.17, 15) is 19.1 Å². The van der Waals surface area contributed by atoms with Crippen LogP contribution >= 0.6 is 11.8 Å². The molecule has 38 heavy (non-hydrogen) atoms. The first-order chi connectivity index (χ1) is 17.9. The molecule has 8 nitrogen and oxygen atoms in total. The summed E-state index contributed by atoms with van der Waals surface area (Å²) in [6, 6.07) is 8.30. The molecule has 2 amide bonds. The summed E-state index contributed by atoms with van der Waals surface area (Å²) < 4.78 is 19.1. The number of methoxy groups -OCH3 is 1. The van der Waals surface area contributed by atoms with Gasteiger partial charge in [0, 0.05) is 46.1 Å². The Hall–Kier alpha value is -3.53. The number of nitrogens with one attached hydrogen (secondary N) is 1. The lowest BCUT2D eigenvalue weighted by Crippen LogP contribution is -2.52. The third-order valence-electron chi connectivity index (χ3n) is 6.92. The SMILES string of the molecule is COc1cc(Nc2c(C(N)=O)cnc3c(C)cc(SC4CCN(C(=O)O)C(C(C)(C)C)C4)cc23)ccc1F. The number of primary amides is 1. The molecule has 4 rings (SSSR count). The minimum Gasteiger partial charge on any atom is -0.494 e. The van der Waals surface area contributed by atoms with Gasteiger partial charge in [0.05, 0.1) is 23.9 Å². The second-order valence-electron chi connectivity index (χ2n) is 10.6. The van der Waals surface area contributed by atoms with Gasteiger partial charge >= 0.3 is 6.09 Å². The molecule has 1 aliphatic heterocycles. The first-order valence-electron chi connectivity index (χ1n) is 12.4. The van der Waals surface area contributed by atoms with E-state index in [0.29, 0.717) is 28.8 Å². The normalized spacial score (nSPS) is 17.9. The van der Waals surface area contributed by atoms with Crippen molar-refractivity contribution in [2.24, 2.45) is 11.1 Å². The van der Waals surface area contributed by atoms with E-state index in [2.05, 4.69) is 37.1 Å². The molecule has 202 valence electrons. The van der Waals surface area contributed by atoms with Crippen LogP contribution in [0.15, 0.2) is 41.4 Å². The Morgan fingerprint density at radius 2 is 2.00 bits per heavy atom. The van der Waals surface area contributed by atoms with Crippen molar-refractivity contribution in [2.75, 3.05) is 19.0 Å². The number of aryl methyl sites for hydroxylation is 1. The standard InChI is InChI=1S/C28H33FN4O4S/c1-15-10-18(38-17-8-9-33(27(35)36)23(13-17)28(2,3)4)12-19-24(15)31-14-20(26(30)34)25(19)32-16-6-7-21(29)22(11-16)37-5/h6-7,10-12,14,17,23H,8-9,13H2,1-5H3,(H2,30,34)(H,31,32)(H,35,36). The fraction of sp³-hybridized carbons (Fsp3) is 0.393. The summed E-state index contributed by atoms with van der Waals surface area (Å²) in [5.74, 6) is -1.06. The molecule has 2 heterocycles. The Labute approximate surface area is 225 Å². The van der Waals surface area contributed by atoms with Crippen LogP contribution in [0.2, 0.25) is 0 Å². The zero-order valence-corrected chi connectivity index (χ0v) is 23.0. The molecule has 0 bridgehead atoms. The summed E-state index contributed by atoms with van der Waals surface area (Å²) >= 11 is 1.70. The highest BCUT2D eigenvalue weighted by Gasteiger charge is 2.39. The van der Waals surface area contributed by atoms with Gasteiger partial charge in [0.25, 0.3) is 5.91 Å². The largest absolute Gasteiger partial charge is 0.494 e. The molecule has 0 radical (unpaired) electrons. The van der Waals surface area contributed by atoms with Crippen LogP contribution in [-0.2, 0) is 0 Å². The van der Waals surface area contributed by atoms with Gasteiger partial charge in [-0.25, -0.2) is 9.18 Å². The fourth-order valence-corrected chi connectivity index (χ4v) is 6.32. The van der Waals surface area contributed by atoms with Crippen molar-refractivity contribution >= 4 is 46.0 Å². The number of benzene rings is 2. The van der Waals surface area contributed by atoms with Crippen LogP contribution < -0.4 is 15.8 Å². The van der Waals surface area contributed by atoms with Gasteiger partial charge in [0.2, 0.25) is 0 Å². The molecule has 1 aliphatic rings. The van der Waals surface area contributed by atoms with Crippen molar-refractivity contribution in [3.8, 4) is 5.75 Å². The number of ether oxygens (including phenoxy) is 1. The number of carbonyl (C=O) groups excluding carboxylic acids is 1. The molecular formula is C28H33FN4O4S. The molecule has 1 fully saturated rings. The predicted octanol–water partition coefficient (Wildman–Crippen LogP) is 6.18. The molecule has 0 spiro atoms. The van der Waals surface area contributed by atoms with Gasteiger partial charge in [-0.2, -0.15) is 0 Å². The number of fused-ring (bicyclic) bond motifs is 1. The highest BCUT2D eigenvalue weighted by atomic mass is 32.2. The third-order valence-corrected chi connectivity index (χ3v) is 8.19. The average molecular weight is 541 g/mol. The molecule has 2 unspecified atom stereocenters. The van der Waals surface area contributed by atoms with E-state index in [1.54, 1.807) is 22.7 Å². The number of carbonyl (C=O) groups is 2. The van der Waals surface area contributed by atoms with Crippen LogP contribution in [0.5, 0.6) is 5.75 Å². The Kier molecular flexibility index (Phi) is 7.73. The van der Waals surface area contributed by atoms with Crippen LogP contribution in [0.25, 0.3) is 10.9 Å². The number of piperidine rings is 1. The monoisotopic (exact) mass is 540 g/mol. The number of pyridine rings is 1. The number of halogens is 1. The van der Waals surface area contributed by atoms with E-state index < -0.39 is 17.8 Å². The molecule has 2 aromatic carbocycles. The highest BCUT2D eigenvalue weighted by molar-refractivity contribution is 8.00. The van der Waals surface area contributed by atoms with Gasteiger partial charge in [-0.3, -0.25) is 9.78 Å². The lowest BCUT2D eigenvalue weighted by Gasteiger charge is -2.44. The van der Waals surface area contributed by atoms with Gasteiger partial charge in [-0.05, 0) is 55.0 Å². The summed E-state index contributed by atoms with van der Waals surface area (Å²) in [6.07, 6.45) is 2.04. The molecule has 2 atom stereocenters. The third kappa shape index (κ3) is 5.65.